The van der Waals surface area contributed by atoms with Crippen LogP contribution in [0.4, 0.5) is 11.4 Å². The molecule has 0 unspecified atom stereocenters. The molecule has 0 aliphatic carbocycles. The lowest BCUT2D eigenvalue weighted by molar-refractivity contribution is -0.156. The van der Waals surface area contributed by atoms with E-state index >= 15 is 0 Å². The smallest absolute Gasteiger partial charge is 0.326 e. The van der Waals surface area contributed by atoms with Crippen LogP contribution in [0.25, 0.3) is 0 Å². The van der Waals surface area contributed by atoms with Crippen molar-refractivity contribution < 1.29 is 23.9 Å². The molecule has 1 fully saturated rings. The number of rotatable bonds is 6. The molecule has 3 amide bonds. The number of esters is 1. The van der Waals surface area contributed by atoms with Crippen molar-refractivity contribution in [2.45, 2.75) is 45.6 Å². The minimum Gasteiger partial charge on any atom is -0.451 e. The number of nitrogens with zero attached hydrogens (tertiary/aromatic N) is 1. The zero-order valence-electron chi connectivity index (χ0n) is 15.6. The number of carbonyl (C=O) groups is 4. The highest BCUT2D eigenvalue weighted by atomic mass is 16.5. The van der Waals surface area contributed by atoms with Gasteiger partial charge < -0.3 is 20.3 Å². The number of anilines is 2. The van der Waals surface area contributed by atoms with Crippen molar-refractivity contribution in [2.75, 3.05) is 23.7 Å². The maximum absolute atomic E-state index is 12.2. The Bertz CT molecular complexity index is 702. The summed E-state index contributed by atoms with van der Waals surface area (Å²) in [4.78, 5) is 48.6. The fourth-order valence-electron chi connectivity index (χ4n) is 2.73. The van der Waals surface area contributed by atoms with Crippen LogP contribution in [-0.2, 0) is 23.9 Å². The van der Waals surface area contributed by atoms with Gasteiger partial charge in [0.15, 0.2) is 6.10 Å². The topological polar surface area (TPSA) is 105 Å². The summed E-state index contributed by atoms with van der Waals surface area (Å²) in [6.07, 6.45) is 2.12. The van der Waals surface area contributed by atoms with Gasteiger partial charge in [-0.15, -0.1) is 0 Å². The molecule has 1 saturated heterocycles. The summed E-state index contributed by atoms with van der Waals surface area (Å²) in [6.45, 7) is 3.28. The average molecular weight is 375 g/mol. The summed E-state index contributed by atoms with van der Waals surface area (Å²) in [7, 11) is 0. The highest BCUT2D eigenvalue weighted by molar-refractivity contribution is 5.96. The molecule has 0 bridgehead atoms. The van der Waals surface area contributed by atoms with Gasteiger partial charge >= 0.3 is 5.97 Å². The molecule has 1 aromatic rings. The zero-order valence-corrected chi connectivity index (χ0v) is 15.6. The lowest BCUT2D eigenvalue weighted by atomic mass is 10.2. The quantitative estimate of drug-likeness (QED) is 0.739. The molecule has 0 spiro atoms. The van der Waals surface area contributed by atoms with Crippen LogP contribution < -0.4 is 10.6 Å². The predicted molar refractivity (Wildman–Crippen MR) is 100.0 cm³/mol. The van der Waals surface area contributed by atoms with Gasteiger partial charge in [-0.05, 0) is 44.0 Å². The van der Waals surface area contributed by atoms with Crippen LogP contribution in [0.1, 0.15) is 39.5 Å². The number of carbonyl (C=O) groups excluding carboxylic acids is 4. The average Bonchev–Trinajstić information content (AvgIpc) is 2.80. The number of ether oxygens (including phenoxy) is 1. The maximum atomic E-state index is 12.2. The third-order valence-corrected chi connectivity index (χ3v) is 4.14. The standard InChI is InChI=1S/C19H25N3O5/c1-13(27-18(25)12-22-11-5-3-4-6-17(22)24)19(26)21-16-9-7-15(8-10-16)20-14(2)23/h7-10,13H,3-6,11-12H2,1-2H3,(H,20,23)(H,21,26)/t13-/m0/s1. The third kappa shape index (κ3) is 6.73. The van der Waals surface area contributed by atoms with E-state index in [1.54, 1.807) is 24.3 Å². The van der Waals surface area contributed by atoms with E-state index in [-0.39, 0.29) is 18.4 Å². The van der Waals surface area contributed by atoms with Crippen LogP contribution in [-0.4, -0.2) is 47.8 Å². The van der Waals surface area contributed by atoms with Crippen LogP contribution in [0.3, 0.4) is 0 Å². The molecule has 2 rings (SSSR count). The van der Waals surface area contributed by atoms with Gasteiger partial charge in [0.05, 0.1) is 0 Å². The summed E-state index contributed by atoms with van der Waals surface area (Å²) in [5.74, 6) is -1.32. The molecule has 1 atom stereocenters. The summed E-state index contributed by atoms with van der Waals surface area (Å²) in [5, 5.41) is 5.27. The molecule has 1 aromatic carbocycles. The molecule has 0 radical (unpaired) electrons. The number of nitrogens with one attached hydrogen (secondary N) is 2. The van der Waals surface area contributed by atoms with E-state index in [0.717, 1.165) is 19.3 Å². The van der Waals surface area contributed by atoms with Gasteiger partial charge in [-0.2, -0.15) is 0 Å². The molecule has 1 heterocycles. The Morgan fingerprint density at radius 2 is 1.70 bits per heavy atom. The lowest BCUT2D eigenvalue weighted by Crippen LogP contribution is -2.38. The highest BCUT2D eigenvalue weighted by Gasteiger charge is 2.23. The molecule has 8 nitrogen and oxygen atoms in total. The maximum Gasteiger partial charge on any atom is 0.326 e. The number of amides is 3. The minimum atomic E-state index is -0.991. The van der Waals surface area contributed by atoms with Crippen molar-refractivity contribution in [3.63, 3.8) is 0 Å². The normalized spacial score (nSPS) is 15.5. The van der Waals surface area contributed by atoms with E-state index in [0.29, 0.717) is 24.3 Å². The first-order valence-corrected chi connectivity index (χ1v) is 9.01. The van der Waals surface area contributed by atoms with Crippen molar-refractivity contribution in [3.05, 3.63) is 24.3 Å². The fraction of sp³-hybridized carbons (Fsp3) is 0.474. The Labute approximate surface area is 158 Å². The van der Waals surface area contributed by atoms with Gasteiger partial charge in [0, 0.05) is 31.3 Å². The third-order valence-electron chi connectivity index (χ3n) is 4.14. The van der Waals surface area contributed by atoms with Crippen LogP contribution in [0.15, 0.2) is 24.3 Å². The van der Waals surface area contributed by atoms with E-state index in [4.69, 9.17) is 4.74 Å². The number of hydrogen-bond acceptors (Lipinski definition) is 5. The fourth-order valence-corrected chi connectivity index (χ4v) is 2.73. The first kappa shape index (κ1) is 20.4. The molecule has 146 valence electrons. The van der Waals surface area contributed by atoms with Crippen molar-refractivity contribution in [2.24, 2.45) is 0 Å². The molecular formula is C19H25N3O5. The first-order chi connectivity index (χ1) is 12.8. The van der Waals surface area contributed by atoms with Crippen molar-refractivity contribution >= 4 is 35.1 Å². The van der Waals surface area contributed by atoms with Gasteiger partial charge in [-0.1, -0.05) is 6.42 Å². The van der Waals surface area contributed by atoms with E-state index in [9.17, 15) is 19.2 Å². The van der Waals surface area contributed by atoms with Gasteiger partial charge in [0.2, 0.25) is 11.8 Å². The molecule has 8 heteroatoms. The van der Waals surface area contributed by atoms with Crippen molar-refractivity contribution in [1.82, 2.24) is 4.90 Å². The van der Waals surface area contributed by atoms with Gasteiger partial charge in [0.1, 0.15) is 6.54 Å². The largest absolute Gasteiger partial charge is 0.451 e. The molecule has 1 aliphatic rings. The molecule has 0 aromatic heterocycles. The second-order valence-corrected chi connectivity index (χ2v) is 6.51. The first-order valence-electron chi connectivity index (χ1n) is 9.01. The van der Waals surface area contributed by atoms with Gasteiger partial charge in [0.25, 0.3) is 5.91 Å². The molecule has 2 N–H and O–H groups in total. The summed E-state index contributed by atoms with van der Waals surface area (Å²) in [5.41, 5.74) is 1.13. The Morgan fingerprint density at radius 3 is 2.33 bits per heavy atom. The van der Waals surface area contributed by atoms with Gasteiger partial charge in [-0.25, -0.2) is 0 Å². The highest BCUT2D eigenvalue weighted by Crippen LogP contribution is 2.14. The van der Waals surface area contributed by atoms with Crippen molar-refractivity contribution in [1.29, 1.82) is 0 Å². The molecule has 0 saturated carbocycles. The summed E-state index contributed by atoms with van der Waals surface area (Å²) >= 11 is 0. The molecule has 27 heavy (non-hydrogen) atoms. The predicted octanol–water partition coefficient (Wildman–Crippen LogP) is 1.92. The number of benzene rings is 1. The van der Waals surface area contributed by atoms with E-state index < -0.39 is 18.0 Å². The van der Waals surface area contributed by atoms with E-state index in [1.165, 1.54) is 18.7 Å². The number of likely N-dealkylation sites (tertiary alicyclic amines) is 1. The van der Waals surface area contributed by atoms with E-state index in [2.05, 4.69) is 10.6 Å². The summed E-state index contributed by atoms with van der Waals surface area (Å²) in [6, 6.07) is 6.57. The second kappa shape index (κ2) is 9.70. The Kier molecular flexibility index (Phi) is 7.34. The monoisotopic (exact) mass is 375 g/mol. The SMILES string of the molecule is CC(=O)Nc1ccc(NC(=O)[C@H](C)OC(=O)CN2CCCCCC2=O)cc1. The summed E-state index contributed by atoms with van der Waals surface area (Å²) < 4.78 is 5.15. The van der Waals surface area contributed by atoms with Crippen LogP contribution in [0.2, 0.25) is 0 Å². The van der Waals surface area contributed by atoms with E-state index in [1.807, 2.05) is 0 Å². The zero-order chi connectivity index (χ0) is 19.8. The minimum absolute atomic E-state index is 0.0548. The molecular weight excluding hydrogens is 350 g/mol. The number of hydrogen-bond donors (Lipinski definition) is 2. The van der Waals surface area contributed by atoms with Crippen LogP contribution in [0, 0.1) is 0 Å². The molecule has 1 aliphatic heterocycles. The van der Waals surface area contributed by atoms with Gasteiger partial charge in [-0.3, -0.25) is 19.2 Å². The lowest BCUT2D eigenvalue weighted by Gasteiger charge is -2.20. The Balaban J connectivity index is 1.82. The Morgan fingerprint density at radius 1 is 1.07 bits per heavy atom. The van der Waals surface area contributed by atoms with Crippen molar-refractivity contribution in [3.8, 4) is 0 Å². The van der Waals surface area contributed by atoms with Crippen LogP contribution >= 0.6 is 0 Å². The second-order valence-electron chi connectivity index (χ2n) is 6.51. The Hall–Kier alpha value is -2.90. The van der Waals surface area contributed by atoms with Crippen LogP contribution in [0.5, 0.6) is 0 Å².